The highest BCUT2D eigenvalue weighted by atomic mass is 19.1. The third kappa shape index (κ3) is 4.10. The van der Waals surface area contributed by atoms with Crippen molar-refractivity contribution < 1.29 is 19.1 Å². The quantitative estimate of drug-likeness (QED) is 0.807. The molecule has 0 aliphatic rings. The van der Waals surface area contributed by atoms with Gasteiger partial charge in [-0.15, -0.1) is 5.10 Å². The van der Waals surface area contributed by atoms with Crippen LogP contribution < -0.4 is 5.32 Å². The van der Waals surface area contributed by atoms with Crippen molar-refractivity contribution in [3.63, 3.8) is 0 Å². The van der Waals surface area contributed by atoms with E-state index in [1.54, 1.807) is 18.2 Å². The Bertz CT molecular complexity index is 656. The average molecular weight is 292 g/mol. The van der Waals surface area contributed by atoms with Crippen LogP contribution in [0.5, 0.6) is 0 Å². The summed E-state index contributed by atoms with van der Waals surface area (Å²) in [6, 6.07) is 6.31. The van der Waals surface area contributed by atoms with Gasteiger partial charge in [-0.05, 0) is 18.1 Å². The summed E-state index contributed by atoms with van der Waals surface area (Å²) in [6.07, 6.45) is 1.59. The van der Waals surface area contributed by atoms with Crippen molar-refractivity contribution in [1.82, 2.24) is 20.3 Å². The van der Waals surface area contributed by atoms with Gasteiger partial charge in [0.2, 0.25) is 0 Å². The molecule has 2 N–H and O–H groups in total. The smallest absolute Gasteiger partial charge is 0.325 e. The maximum Gasteiger partial charge on any atom is 0.325 e. The zero-order valence-electron chi connectivity index (χ0n) is 11.0. The molecule has 0 bridgehead atoms. The third-order valence-corrected chi connectivity index (χ3v) is 2.71. The fourth-order valence-corrected chi connectivity index (χ4v) is 1.72. The summed E-state index contributed by atoms with van der Waals surface area (Å²) in [5, 5.41) is 18.3. The fourth-order valence-electron chi connectivity index (χ4n) is 1.72. The van der Waals surface area contributed by atoms with E-state index in [2.05, 4.69) is 15.6 Å². The van der Waals surface area contributed by atoms with Crippen LogP contribution in [-0.2, 0) is 17.8 Å². The van der Waals surface area contributed by atoms with E-state index in [0.717, 1.165) is 4.68 Å². The summed E-state index contributed by atoms with van der Waals surface area (Å²) in [5.41, 5.74) is 0.525. The number of nitrogens with zero attached hydrogens (tertiary/aromatic N) is 3. The number of carbonyl (C=O) groups excluding carboxylic acids is 1. The summed E-state index contributed by atoms with van der Waals surface area (Å²) < 4.78 is 14.4. The normalized spacial score (nSPS) is 10.3. The lowest BCUT2D eigenvalue weighted by Crippen LogP contribution is -2.26. The molecule has 0 unspecified atom stereocenters. The van der Waals surface area contributed by atoms with Gasteiger partial charge in [0.1, 0.15) is 12.4 Å². The molecule has 0 atom stereocenters. The van der Waals surface area contributed by atoms with Crippen molar-refractivity contribution in [1.29, 1.82) is 0 Å². The molecule has 0 spiro atoms. The van der Waals surface area contributed by atoms with E-state index < -0.39 is 11.9 Å². The van der Waals surface area contributed by atoms with Gasteiger partial charge in [0.05, 0.1) is 6.20 Å². The van der Waals surface area contributed by atoms with Gasteiger partial charge in [0.25, 0.3) is 5.91 Å². The number of aliphatic carboxylic acids is 1. The van der Waals surface area contributed by atoms with Gasteiger partial charge in [-0.3, -0.25) is 9.59 Å². The molecule has 0 aliphatic heterocycles. The number of carboxylic acid groups (broad SMARTS) is 1. The summed E-state index contributed by atoms with van der Waals surface area (Å²) in [6.45, 7) is -0.124. The minimum absolute atomic E-state index is 0.0183. The fraction of sp³-hybridized carbons (Fsp3) is 0.231. The molecule has 2 rings (SSSR count). The van der Waals surface area contributed by atoms with Crippen molar-refractivity contribution >= 4 is 11.9 Å². The maximum atomic E-state index is 13.4. The first-order valence-electron chi connectivity index (χ1n) is 6.20. The molecular weight excluding hydrogens is 279 g/mol. The predicted octanol–water partition coefficient (Wildman–Crippen LogP) is 0.474. The number of hydrogen-bond donors (Lipinski definition) is 2. The molecular formula is C13H13FN4O3. The minimum atomic E-state index is -1.08. The summed E-state index contributed by atoms with van der Waals surface area (Å²) >= 11 is 0. The molecule has 1 aromatic carbocycles. The van der Waals surface area contributed by atoms with E-state index in [1.165, 1.54) is 12.3 Å². The molecule has 2 aromatic rings. The number of carbonyl (C=O) groups is 2. The van der Waals surface area contributed by atoms with E-state index in [-0.39, 0.29) is 24.6 Å². The predicted molar refractivity (Wildman–Crippen MR) is 70.1 cm³/mol. The lowest BCUT2D eigenvalue weighted by molar-refractivity contribution is -0.137. The summed E-state index contributed by atoms with van der Waals surface area (Å²) in [7, 11) is 0. The number of amides is 1. The van der Waals surface area contributed by atoms with Crippen LogP contribution in [0.4, 0.5) is 4.39 Å². The molecule has 7 nitrogen and oxygen atoms in total. The van der Waals surface area contributed by atoms with Crippen LogP contribution in [0.2, 0.25) is 0 Å². The zero-order valence-corrected chi connectivity index (χ0v) is 11.0. The monoisotopic (exact) mass is 292 g/mol. The minimum Gasteiger partial charge on any atom is -0.480 e. The highest BCUT2D eigenvalue weighted by molar-refractivity contribution is 5.91. The Morgan fingerprint density at radius 2 is 2.10 bits per heavy atom. The Kier molecular flexibility index (Phi) is 4.60. The van der Waals surface area contributed by atoms with Crippen LogP contribution in [0.25, 0.3) is 0 Å². The van der Waals surface area contributed by atoms with Gasteiger partial charge in [-0.2, -0.15) is 0 Å². The second kappa shape index (κ2) is 6.60. The van der Waals surface area contributed by atoms with Crippen LogP contribution >= 0.6 is 0 Å². The van der Waals surface area contributed by atoms with Gasteiger partial charge in [0, 0.05) is 6.54 Å². The first-order chi connectivity index (χ1) is 10.1. The lowest BCUT2D eigenvalue weighted by atomic mass is 10.1. The Balaban J connectivity index is 1.86. The topological polar surface area (TPSA) is 97.1 Å². The SMILES string of the molecule is O=C(O)Cn1cc(C(=O)NCCc2ccccc2F)nn1. The van der Waals surface area contributed by atoms with Crippen molar-refractivity contribution in [2.75, 3.05) is 6.54 Å². The van der Waals surface area contributed by atoms with E-state index in [1.807, 2.05) is 0 Å². The van der Waals surface area contributed by atoms with E-state index in [4.69, 9.17) is 5.11 Å². The first kappa shape index (κ1) is 14.6. The molecule has 0 saturated heterocycles. The Hall–Kier alpha value is -2.77. The number of nitrogens with one attached hydrogen (secondary N) is 1. The molecule has 0 radical (unpaired) electrons. The maximum absolute atomic E-state index is 13.4. The molecule has 0 fully saturated rings. The van der Waals surface area contributed by atoms with E-state index in [0.29, 0.717) is 12.0 Å². The molecule has 0 saturated carbocycles. The first-order valence-corrected chi connectivity index (χ1v) is 6.20. The highest BCUT2D eigenvalue weighted by Crippen LogP contribution is 2.06. The van der Waals surface area contributed by atoms with Crippen LogP contribution in [0.1, 0.15) is 16.1 Å². The Labute approximate surface area is 119 Å². The van der Waals surface area contributed by atoms with Gasteiger partial charge < -0.3 is 10.4 Å². The van der Waals surface area contributed by atoms with Crippen LogP contribution in [0.3, 0.4) is 0 Å². The lowest BCUT2D eigenvalue weighted by Gasteiger charge is -2.04. The van der Waals surface area contributed by atoms with Crippen molar-refractivity contribution in [3.05, 3.63) is 47.5 Å². The largest absolute Gasteiger partial charge is 0.480 e. The standard InChI is InChI=1S/C13H13FN4O3/c14-10-4-2-1-3-9(10)5-6-15-13(21)11-7-18(17-16-11)8-12(19)20/h1-4,7H,5-6,8H2,(H,15,21)(H,19,20). The van der Waals surface area contributed by atoms with Gasteiger partial charge >= 0.3 is 5.97 Å². The van der Waals surface area contributed by atoms with Gasteiger partial charge in [-0.1, -0.05) is 23.4 Å². The third-order valence-electron chi connectivity index (χ3n) is 2.71. The molecule has 1 aromatic heterocycles. The number of rotatable bonds is 6. The highest BCUT2D eigenvalue weighted by Gasteiger charge is 2.11. The zero-order chi connectivity index (χ0) is 15.2. The number of hydrogen-bond acceptors (Lipinski definition) is 4. The van der Waals surface area contributed by atoms with Crippen LogP contribution in [0.15, 0.2) is 30.5 Å². The van der Waals surface area contributed by atoms with Gasteiger partial charge in [0.15, 0.2) is 5.69 Å². The second-order valence-corrected chi connectivity index (χ2v) is 4.29. The van der Waals surface area contributed by atoms with Gasteiger partial charge in [-0.25, -0.2) is 9.07 Å². The van der Waals surface area contributed by atoms with Crippen molar-refractivity contribution in [3.8, 4) is 0 Å². The summed E-state index contributed by atoms with van der Waals surface area (Å²) in [4.78, 5) is 22.2. The molecule has 0 aliphatic carbocycles. The summed E-state index contributed by atoms with van der Waals surface area (Å²) in [5.74, 6) is -1.88. The van der Waals surface area contributed by atoms with E-state index >= 15 is 0 Å². The van der Waals surface area contributed by atoms with Crippen molar-refractivity contribution in [2.45, 2.75) is 13.0 Å². The molecule has 8 heteroatoms. The van der Waals surface area contributed by atoms with E-state index in [9.17, 15) is 14.0 Å². The number of halogens is 1. The molecule has 1 amide bonds. The van der Waals surface area contributed by atoms with Crippen LogP contribution in [-0.4, -0.2) is 38.5 Å². The number of aromatic nitrogens is 3. The van der Waals surface area contributed by atoms with Crippen molar-refractivity contribution in [2.24, 2.45) is 0 Å². The Morgan fingerprint density at radius 1 is 1.33 bits per heavy atom. The molecule has 1 heterocycles. The van der Waals surface area contributed by atoms with Crippen LogP contribution in [0, 0.1) is 5.82 Å². The second-order valence-electron chi connectivity index (χ2n) is 4.29. The molecule has 21 heavy (non-hydrogen) atoms. The number of carboxylic acids is 1. The number of benzene rings is 1. The Morgan fingerprint density at radius 3 is 2.81 bits per heavy atom. The molecule has 110 valence electrons. The average Bonchev–Trinajstić information content (AvgIpc) is 2.88.